The Balaban J connectivity index is 0.00000171. The van der Waals surface area contributed by atoms with Gasteiger partial charge in [0.15, 0.2) is 5.96 Å². The molecule has 8 heteroatoms. The average molecular weight is 466 g/mol. The van der Waals surface area contributed by atoms with Crippen molar-refractivity contribution >= 4 is 36.5 Å². The first-order valence-electron chi connectivity index (χ1n) is 10.5. The van der Waals surface area contributed by atoms with Crippen molar-refractivity contribution in [2.45, 2.75) is 39.2 Å². The Kier molecular flexibility index (Phi) is 8.83. The second-order valence-electron chi connectivity index (χ2n) is 8.59. The number of piperidine rings is 1. The van der Waals surface area contributed by atoms with E-state index in [1.807, 2.05) is 17.3 Å². The highest BCUT2D eigenvalue weighted by Crippen LogP contribution is 2.36. The lowest BCUT2D eigenvalue weighted by Gasteiger charge is -2.40. The van der Waals surface area contributed by atoms with Crippen LogP contribution in [0.3, 0.4) is 0 Å². The number of guanidine groups is 1. The Hall–Kier alpha value is -2.18. The Bertz CT molecular complexity index is 856. The van der Waals surface area contributed by atoms with Crippen LogP contribution < -0.4 is 15.4 Å². The van der Waals surface area contributed by atoms with Crippen molar-refractivity contribution in [1.82, 2.24) is 9.88 Å². The van der Waals surface area contributed by atoms with Gasteiger partial charge in [0.1, 0.15) is 5.75 Å². The minimum Gasteiger partial charge on any atom is -0.494 e. The van der Waals surface area contributed by atoms with E-state index < -0.39 is 0 Å². The van der Waals surface area contributed by atoms with Crippen LogP contribution in [0.15, 0.2) is 42.7 Å². The van der Waals surface area contributed by atoms with Gasteiger partial charge >= 0.3 is 0 Å². The van der Waals surface area contributed by atoms with Crippen LogP contribution in [-0.2, 0) is 13.0 Å². The molecular weight excluding hydrogens is 433 g/mol. The minimum atomic E-state index is 0. The predicted octanol–water partition coefficient (Wildman–Crippen LogP) is 4.25. The number of halogens is 2. The van der Waals surface area contributed by atoms with Gasteiger partial charge in [-0.1, -0.05) is 13.0 Å². The summed E-state index contributed by atoms with van der Waals surface area (Å²) >= 11 is 0. The molecule has 2 aromatic rings. The van der Waals surface area contributed by atoms with Crippen LogP contribution in [0.1, 0.15) is 37.3 Å². The van der Waals surface area contributed by atoms with Crippen molar-refractivity contribution in [3.63, 3.8) is 0 Å². The van der Waals surface area contributed by atoms with E-state index in [0.29, 0.717) is 12.0 Å². The molecule has 0 spiro atoms. The Morgan fingerprint density at radius 3 is 2.48 bits per heavy atom. The molecule has 0 bridgehead atoms. The SMILES string of the molecule is CC1(CCOc2ccc3c(c2)CN(C(=N)N)CC3)CCN(c2ccncc2)CC1.Cl.Cl. The first-order chi connectivity index (χ1) is 14.0. The third-order valence-electron chi connectivity index (χ3n) is 6.50. The highest BCUT2D eigenvalue weighted by atomic mass is 35.5. The first kappa shape index (κ1) is 25.1. The van der Waals surface area contributed by atoms with Crippen molar-refractivity contribution in [1.29, 1.82) is 5.41 Å². The summed E-state index contributed by atoms with van der Waals surface area (Å²) in [4.78, 5) is 8.47. The number of nitrogens with two attached hydrogens (primary N) is 1. The van der Waals surface area contributed by atoms with Gasteiger partial charge in [0.2, 0.25) is 0 Å². The van der Waals surface area contributed by atoms with Crippen molar-refractivity contribution in [3.05, 3.63) is 53.9 Å². The number of nitrogens with one attached hydrogen (secondary N) is 1. The number of hydrogen-bond acceptors (Lipinski definition) is 4. The lowest BCUT2D eigenvalue weighted by Crippen LogP contribution is -2.40. The average Bonchev–Trinajstić information content (AvgIpc) is 2.74. The molecule has 0 saturated carbocycles. The van der Waals surface area contributed by atoms with E-state index in [4.69, 9.17) is 15.9 Å². The maximum absolute atomic E-state index is 7.66. The summed E-state index contributed by atoms with van der Waals surface area (Å²) in [5, 5.41) is 7.66. The molecule has 6 nitrogen and oxygen atoms in total. The quantitative estimate of drug-likeness (QED) is 0.509. The topological polar surface area (TPSA) is 78.5 Å². The maximum atomic E-state index is 7.66. The number of rotatable bonds is 5. The molecule has 31 heavy (non-hydrogen) atoms. The van der Waals surface area contributed by atoms with Crippen molar-refractivity contribution < 1.29 is 4.74 Å². The third-order valence-corrected chi connectivity index (χ3v) is 6.50. The molecule has 3 N–H and O–H groups in total. The zero-order chi connectivity index (χ0) is 20.3. The Labute approximate surface area is 197 Å². The fourth-order valence-corrected chi connectivity index (χ4v) is 4.35. The van der Waals surface area contributed by atoms with Crippen LogP contribution in [0.2, 0.25) is 0 Å². The van der Waals surface area contributed by atoms with Crippen LogP contribution >= 0.6 is 24.8 Å². The second-order valence-corrected chi connectivity index (χ2v) is 8.59. The second kappa shape index (κ2) is 10.9. The fourth-order valence-electron chi connectivity index (χ4n) is 4.35. The van der Waals surface area contributed by atoms with Crippen LogP contribution in [0.4, 0.5) is 5.69 Å². The lowest BCUT2D eigenvalue weighted by atomic mass is 9.78. The molecule has 0 amide bonds. The van der Waals surface area contributed by atoms with E-state index in [1.54, 1.807) is 0 Å². The smallest absolute Gasteiger partial charge is 0.188 e. The molecule has 1 aromatic heterocycles. The zero-order valence-electron chi connectivity index (χ0n) is 18.0. The van der Waals surface area contributed by atoms with E-state index >= 15 is 0 Å². The van der Waals surface area contributed by atoms with Gasteiger partial charge in [0, 0.05) is 44.3 Å². The zero-order valence-corrected chi connectivity index (χ0v) is 19.7. The van der Waals surface area contributed by atoms with Gasteiger partial charge in [-0.05, 0) is 66.5 Å². The normalized spacial score (nSPS) is 17.1. The highest BCUT2D eigenvalue weighted by molar-refractivity contribution is 5.85. The summed E-state index contributed by atoms with van der Waals surface area (Å²) in [6, 6.07) is 10.6. The van der Waals surface area contributed by atoms with E-state index in [1.165, 1.54) is 29.7 Å². The molecule has 0 unspecified atom stereocenters. The number of nitrogens with zero attached hydrogens (tertiary/aromatic N) is 3. The monoisotopic (exact) mass is 465 g/mol. The molecule has 2 aliphatic heterocycles. The molecule has 3 heterocycles. The van der Waals surface area contributed by atoms with Gasteiger partial charge in [-0.25, -0.2) is 0 Å². The molecule has 0 atom stereocenters. The molecule has 0 aliphatic carbocycles. The highest BCUT2D eigenvalue weighted by Gasteiger charge is 2.30. The van der Waals surface area contributed by atoms with Crippen LogP contribution in [0.25, 0.3) is 0 Å². The number of benzene rings is 1. The summed E-state index contributed by atoms with van der Waals surface area (Å²) in [6.07, 6.45) is 8.08. The summed E-state index contributed by atoms with van der Waals surface area (Å²) in [6.45, 7) is 6.81. The number of aromatic nitrogens is 1. The van der Waals surface area contributed by atoms with Crippen molar-refractivity contribution in [2.24, 2.45) is 11.1 Å². The summed E-state index contributed by atoms with van der Waals surface area (Å²) in [5.74, 6) is 1.07. The van der Waals surface area contributed by atoms with Gasteiger partial charge < -0.3 is 20.3 Å². The third kappa shape index (κ3) is 6.17. The standard InChI is InChI=1S/C23H31N5O.2ClH/c1-23(7-13-27(14-8-23)20-4-10-26-11-5-20)9-15-29-21-3-2-18-6-12-28(22(24)25)17-19(18)16-21;;/h2-5,10-11,16H,6-9,12-15,17H2,1H3,(H3,24,25);2*1H. The lowest BCUT2D eigenvalue weighted by molar-refractivity contribution is 0.175. The molecule has 4 rings (SSSR count). The van der Waals surface area contributed by atoms with Gasteiger partial charge in [0.05, 0.1) is 6.61 Å². The number of anilines is 1. The van der Waals surface area contributed by atoms with Gasteiger partial charge in [-0.3, -0.25) is 10.4 Å². The Morgan fingerprint density at radius 2 is 1.81 bits per heavy atom. The van der Waals surface area contributed by atoms with Crippen molar-refractivity contribution in [2.75, 3.05) is 31.1 Å². The molecule has 1 fully saturated rings. The number of pyridine rings is 1. The predicted molar refractivity (Wildman–Crippen MR) is 131 cm³/mol. The maximum Gasteiger partial charge on any atom is 0.188 e. The molecule has 1 saturated heterocycles. The summed E-state index contributed by atoms with van der Waals surface area (Å²) in [5.41, 5.74) is 9.81. The minimum absolute atomic E-state index is 0. The van der Waals surface area contributed by atoms with Crippen LogP contribution in [0, 0.1) is 10.8 Å². The number of hydrogen-bond donors (Lipinski definition) is 2. The number of fused-ring (bicyclic) bond motifs is 1. The van der Waals surface area contributed by atoms with E-state index in [0.717, 1.165) is 44.8 Å². The molecular formula is C23H33Cl2N5O. The van der Waals surface area contributed by atoms with E-state index in [2.05, 4.69) is 47.1 Å². The molecule has 0 radical (unpaired) electrons. The number of ether oxygens (including phenoxy) is 1. The molecule has 2 aliphatic rings. The van der Waals surface area contributed by atoms with Gasteiger partial charge in [0.25, 0.3) is 0 Å². The largest absolute Gasteiger partial charge is 0.494 e. The van der Waals surface area contributed by atoms with E-state index in [-0.39, 0.29) is 30.8 Å². The van der Waals surface area contributed by atoms with Crippen molar-refractivity contribution in [3.8, 4) is 5.75 Å². The van der Waals surface area contributed by atoms with E-state index in [9.17, 15) is 0 Å². The van der Waals surface area contributed by atoms with Gasteiger partial charge in [-0.15, -0.1) is 24.8 Å². The van der Waals surface area contributed by atoms with Crippen LogP contribution in [-0.4, -0.2) is 42.1 Å². The fraction of sp³-hybridized carbons (Fsp3) is 0.478. The molecule has 1 aromatic carbocycles. The van der Waals surface area contributed by atoms with Gasteiger partial charge in [-0.2, -0.15) is 0 Å². The van der Waals surface area contributed by atoms with Crippen LogP contribution in [0.5, 0.6) is 5.75 Å². The summed E-state index contributed by atoms with van der Waals surface area (Å²) < 4.78 is 6.12. The first-order valence-corrected chi connectivity index (χ1v) is 10.5. The Morgan fingerprint density at radius 1 is 1.10 bits per heavy atom. The molecule has 170 valence electrons. The summed E-state index contributed by atoms with van der Waals surface area (Å²) in [7, 11) is 0.